The number of rotatable bonds is 3. The highest BCUT2D eigenvalue weighted by atomic mass is 32.2. The highest BCUT2D eigenvalue weighted by Gasteiger charge is 2.54. The van der Waals surface area contributed by atoms with E-state index in [1.54, 1.807) is 29.2 Å². The van der Waals surface area contributed by atoms with Crippen LogP contribution in [0.15, 0.2) is 24.3 Å². The lowest BCUT2D eigenvalue weighted by molar-refractivity contribution is -0.133. The largest absolute Gasteiger partial charge is 0.323 e. The van der Waals surface area contributed by atoms with Crippen LogP contribution in [-0.4, -0.2) is 39.7 Å². The molecule has 0 aliphatic carbocycles. The van der Waals surface area contributed by atoms with Gasteiger partial charge in [-0.15, -0.1) is 11.8 Å². The third kappa shape index (κ3) is 2.33. The van der Waals surface area contributed by atoms with Gasteiger partial charge >= 0.3 is 0 Å². The van der Waals surface area contributed by atoms with Gasteiger partial charge in [-0.05, 0) is 37.6 Å². The SMILES string of the molecule is CC(=O)c1ccc(NC(=O)C23CCC(=O)N2CCS3)cc1. The Morgan fingerprint density at radius 2 is 2.00 bits per heavy atom. The lowest BCUT2D eigenvalue weighted by atomic mass is 10.1. The highest BCUT2D eigenvalue weighted by Crippen LogP contribution is 2.45. The molecule has 2 heterocycles. The first-order valence-corrected chi connectivity index (χ1v) is 7.88. The van der Waals surface area contributed by atoms with Gasteiger partial charge in [0, 0.05) is 30.0 Å². The fourth-order valence-electron chi connectivity index (χ4n) is 2.83. The molecule has 0 saturated carbocycles. The minimum absolute atomic E-state index is 0.00890. The van der Waals surface area contributed by atoms with E-state index in [2.05, 4.69) is 5.32 Å². The van der Waals surface area contributed by atoms with Crippen LogP contribution >= 0.6 is 11.8 Å². The molecule has 0 bridgehead atoms. The first kappa shape index (κ1) is 14.1. The monoisotopic (exact) mass is 304 g/mol. The Morgan fingerprint density at radius 3 is 2.67 bits per heavy atom. The number of ketones is 1. The van der Waals surface area contributed by atoms with Crippen molar-refractivity contribution in [3.05, 3.63) is 29.8 Å². The molecule has 1 aromatic rings. The molecule has 1 aromatic carbocycles. The summed E-state index contributed by atoms with van der Waals surface area (Å²) >= 11 is 1.54. The minimum atomic E-state index is -0.740. The molecular formula is C15H16N2O3S. The van der Waals surface area contributed by atoms with Crippen molar-refractivity contribution < 1.29 is 14.4 Å². The van der Waals surface area contributed by atoms with Crippen molar-refractivity contribution in [2.24, 2.45) is 0 Å². The van der Waals surface area contributed by atoms with Crippen molar-refractivity contribution in [1.29, 1.82) is 0 Å². The number of hydrogen-bond acceptors (Lipinski definition) is 4. The van der Waals surface area contributed by atoms with Crippen LogP contribution < -0.4 is 5.32 Å². The zero-order chi connectivity index (χ0) is 15.0. The molecule has 6 heteroatoms. The van der Waals surface area contributed by atoms with Gasteiger partial charge in [0.05, 0.1) is 0 Å². The van der Waals surface area contributed by atoms with Gasteiger partial charge in [-0.1, -0.05) is 0 Å². The van der Waals surface area contributed by atoms with E-state index >= 15 is 0 Å². The summed E-state index contributed by atoms with van der Waals surface area (Å²) in [5.74, 6) is 0.696. The fraction of sp³-hybridized carbons (Fsp3) is 0.400. The molecular weight excluding hydrogens is 288 g/mol. The maximum atomic E-state index is 12.6. The first-order chi connectivity index (χ1) is 10.0. The Hall–Kier alpha value is -1.82. The molecule has 2 amide bonds. The van der Waals surface area contributed by atoms with Crippen molar-refractivity contribution in [3.8, 4) is 0 Å². The fourth-order valence-corrected chi connectivity index (χ4v) is 4.22. The van der Waals surface area contributed by atoms with Crippen LogP contribution in [0.1, 0.15) is 30.1 Å². The zero-order valence-electron chi connectivity index (χ0n) is 11.7. The number of thioether (sulfide) groups is 1. The van der Waals surface area contributed by atoms with Gasteiger partial charge in [0.2, 0.25) is 5.91 Å². The van der Waals surface area contributed by atoms with Crippen LogP contribution in [0.3, 0.4) is 0 Å². The van der Waals surface area contributed by atoms with Gasteiger partial charge in [0.1, 0.15) is 0 Å². The summed E-state index contributed by atoms with van der Waals surface area (Å²) in [5.41, 5.74) is 1.25. The number of benzene rings is 1. The molecule has 1 unspecified atom stereocenters. The van der Waals surface area contributed by atoms with E-state index < -0.39 is 4.87 Å². The smallest absolute Gasteiger partial charge is 0.260 e. The molecule has 0 radical (unpaired) electrons. The van der Waals surface area contributed by atoms with Crippen LogP contribution in [0.25, 0.3) is 0 Å². The molecule has 2 aliphatic rings. The second kappa shape index (κ2) is 5.18. The Balaban J connectivity index is 1.77. The summed E-state index contributed by atoms with van der Waals surface area (Å²) in [5, 5.41) is 2.87. The second-order valence-electron chi connectivity index (χ2n) is 5.27. The molecule has 2 aliphatic heterocycles. The number of nitrogens with zero attached hydrogens (tertiary/aromatic N) is 1. The number of Topliss-reactive ketones (excluding diaryl/α,β-unsaturated/α-hetero) is 1. The van der Waals surface area contributed by atoms with Crippen molar-refractivity contribution >= 4 is 35.0 Å². The Labute approximate surface area is 127 Å². The lowest BCUT2D eigenvalue weighted by Crippen LogP contribution is -2.48. The first-order valence-electron chi connectivity index (χ1n) is 6.90. The molecule has 3 rings (SSSR count). The van der Waals surface area contributed by atoms with E-state index in [1.165, 1.54) is 18.7 Å². The van der Waals surface area contributed by atoms with Crippen LogP contribution in [0.4, 0.5) is 5.69 Å². The quantitative estimate of drug-likeness (QED) is 0.866. The van der Waals surface area contributed by atoms with Crippen LogP contribution in [0.5, 0.6) is 0 Å². The van der Waals surface area contributed by atoms with Crippen LogP contribution in [0, 0.1) is 0 Å². The number of hydrogen-bond donors (Lipinski definition) is 1. The van der Waals surface area contributed by atoms with Gasteiger partial charge in [-0.25, -0.2) is 0 Å². The molecule has 110 valence electrons. The van der Waals surface area contributed by atoms with Crippen molar-refractivity contribution in [2.45, 2.75) is 24.6 Å². The van der Waals surface area contributed by atoms with E-state index in [9.17, 15) is 14.4 Å². The number of fused-ring (bicyclic) bond motifs is 1. The molecule has 2 fully saturated rings. The van der Waals surface area contributed by atoms with E-state index in [4.69, 9.17) is 0 Å². The highest BCUT2D eigenvalue weighted by molar-refractivity contribution is 8.01. The van der Waals surface area contributed by atoms with E-state index in [1.807, 2.05) is 0 Å². The number of nitrogens with one attached hydrogen (secondary N) is 1. The lowest BCUT2D eigenvalue weighted by Gasteiger charge is -2.29. The molecule has 0 spiro atoms. The molecule has 1 atom stereocenters. The van der Waals surface area contributed by atoms with Gasteiger partial charge in [0.15, 0.2) is 10.7 Å². The topological polar surface area (TPSA) is 66.5 Å². The summed E-state index contributed by atoms with van der Waals surface area (Å²) in [4.78, 5) is 36.6. The average Bonchev–Trinajstić information content (AvgIpc) is 3.02. The molecule has 0 aromatic heterocycles. The van der Waals surface area contributed by atoms with Crippen molar-refractivity contribution in [3.63, 3.8) is 0 Å². The molecule has 1 N–H and O–H groups in total. The number of carbonyl (C=O) groups excluding carboxylic acids is 3. The number of carbonyl (C=O) groups is 3. The summed E-state index contributed by atoms with van der Waals surface area (Å²) in [7, 11) is 0. The Kier molecular flexibility index (Phi) is 3.49. The van der Waals surface area contributed by atoms with Crippen molar-refractivity contribution in [1.82, 2.24) is 4.90 Å². The molecule has 21 heavy (non-hydrogen) atoms. The molecule has 5 nitrogen and oxygen atoms in total. The maximum absolute atomic E-state index is 12.6. The Bertz CT molecular complexity index is 614. The number of anilines is 1. The van der Waals surface area contributed by atoms with Gasteiger partial charge in [-0.3, -0.25) is 14.4 Å². The normalized spacial score (nSPS) is 24.0. The zero-order valence-corrected chi connectivity index (χ0v) is 12.5. The summed E-state index contributed by atoms with van der Waals surface area (Å²) in [6, 6.07) is 6.81. The maximum Gasteiger partial charge on any atom is 0.260 e. The van der Waals surface area contributed by atoms with E-state index in [-0.39, 0.29) is 17.6 Å². The predicted molar refractivity (Wildman–Crippen MR) is 81.2 cm³/mol. The Morgan fingerprint density at radius 1 is 1.29 bits per heavy atom. The minimum Gasteiger partial charge on any atom is -0.323 e. The summed E-state index contributed by atoms with van der Waals surface area (Å²) < 4.78 is 0. The van der Waals surface area contributed by atoms with Crippen LogP contribution in [-0.2, 0) is 9.59 Å². The third-order valence-corrected chi connectivity index (χ3v) is 5.45. The summed E-state index contributed by atoms with van der Waals surface area (Å²) in [6.45, 7) is 2.14. The van der Waals surface area contributed by atoms with E-state index in [0.717, 1.165) is 5.75 Å². The second-order valence-corrected chi connectivity index (χ2v) is 6.64. The average molecular weight is 304 g/mol. The van der Waals surface area contributed by atoms with E-state index in [0.29, 0.717) is 30.6 Å². The third-order valence-electron chi connectivity index (χ3n) is 3.97. The number of amides is 2. The van der Waals surface area contributed by atoms with Gasteiger partial charge in [0.25, 0.3) is 5.91 Å². The molecule has 2 saturated heterocycles. The standard InChI is InChI=1S/C15H16N2O3S/c1-10(18)11-2-4-12(5-3-11)16-14(20)15-7-6-13(19)17(15)8-9-21-15/h2-5H,6-9H2,1H3,(H,16,20). The van der Waals surface area contributed by atoms with Crippen LogP contribution in [0.2, 0.25) is 0 Å². The van der Waals surface area contributed by atoms with Gasteiger partial charge < -0.3 is 10.2 Å². The van der Waals surface area contributed by atoms with Crippen molar-refractivity contribution in [2.75, 3.05) is 17.6 Å². The van der Waals surface area contributed by atoms with Gasteiger partial charge in [-0.2, -0.15) is 0 Å². The summed E-state index contributed by atoms with van der Waals surface area (Å²) in [6.07, 6.45) is 0.998. The predicted octanol–water partition coefficient (Wildman–Crippen LogP) is 1.89.